The van der Waals surface area contributed by atoms with Crippen molar-refractivity contribution in [3.8, 4) is 0 Å². The van der Waals surface area contributed by atoms with Gasteiger partial charge >= 0.3 is 0 Å². The molecule has 0 aliphatic rings. The number of nitrogens with one attached hydrogen (secondary N) is 1. The predicted molar refractivity (Wildman–Crippen MR) is 86.0 cm³/mol. The molecule has 2 aromatic carbocycles. The van der Waals surface area contributed by atoms with Crippen molar-refractivity contribution in [2.45, 2.75) is 19.8 Å². The van der Waals surface area contributed by atoms with Crippen LogP contribution in [0.2, 0.25) is 0 Å². The number of hydrogen-bond acceptors (Lipinski definition) is 1. The van der Waals surface area contributed by atoms with Gasteiger partial charge in [-0.25, -0.2) is 8.78 Å². The summed E-state index contributed by atoms with van der Waals surface area (Å²) in [6.07, 6.45) is 1.22. The SMILES string of the molecule is Cc1ccc(NC(N)=NCCCc2cc(F)cc(F)c2)cc1. The second-order valence-corrected chi connectivity index (χ2v) is 5.14. The van der Waals surface area contributed by atoms with E-state index in [1.165, 1.54) is 17.7 Å². The Bertz CT molecular complexity index is 631. The van der Waals surface area contributed by atoms with Crippen molar-refractivity contribution in [2.24, 2.45) is 10.7 Å². The fourth-order valence-corrected chi connectivity index (χ4v) is 2.06. The van der Waals surface area contributed by atoms with Gasteiger partial charge in [-0.2, -0.15) is 0 Å². The molecule has 0 aliphatic heterocycles. The van der Waals surface area contributed by atoms with E-state index >= 15 is 0 Å². The minimum atomic E-state index is -0.556. The first-order chi connectivity index (χ1) is 10.5. The zero-order valence-corrected chi connectivity index (χ0v) is 12.4. The third kappa shape index (κ3) is 5.16. The molecule has 0 bridgehead atoms. The van der Waals surface area contributed by atoms with Crippen LogP contribution < -0.4 is 11.1 Å². The molecule has 0 saturated carbocycles. The van der Waals surface area contributed by atoms with Gasteiger partial charge in [0.05, 0.1) is 0 Å². The van der Waals surface area contributed by atoms with E-state index in [4.69, 9.17) is 5.73 Å². The van der Waals surface area contributed by atoms with Gasteiger partial charge in [0.2, 0.25) is 0 Å². The molecule has 0 atom stereocenters. The Morgan fingerprint density at radius 2 is 1.73 bits per heavy atom. The molecule has 0 fully saturated rings. The number of halogens is 2. The molecule has 0 spiro atoms. The monoisotopic (exact) mass is 303 g/mol. The average Bonchev–Trinajstić information content (AvgIpc) is 2.45. The first-order valence-corrected chi connectivity index (χ1v) is 7.11. The Kier molecular flexibility index (Phi) is 5.47. The Morgan fingerprint density at radius 1 is 1.09 bits per heavy atom. The summed E-state index contributed by atoms with van der Waals surface area (Å²) in [4.78, 5) is 4.20. The van der Waals surface area contributed by atoms with E-state index < -0.39 is 11.6 Å². The van der Waals surface area contributed by atoms with Crippen molar-refractivity contribution in [2.75, 3.05) is 11.9 Å². The quantitative estimate of drug-likeness (QED) is 0.503. The van der Waals surface area contributed by atoms with Crippen LogP contribution in [0.5, 0.6) is 0 Å². The third-order valence-electron chi connectivity index (χ3n) is 3.15. The number of guanidine groups is 1. The predicted octanol–water partition coefficient (Wildman–Crippen LogP) is 3.63. The molecular formula is C17H19F2N3. The summed E-state index contributed by atoms with van der Waals surface area (Å²) < 4.78 is 26.1. The van der Waals surface area contributed by atoms with Crippen molar-refractivity contribution < 1.29 is 8.78 Å². The maximum Gasteiger partial charge on any atom is 0.193 e. The molecule has 0 radical (unpaired) electrons. The highest BCUT2D eigenvalue weighted by Gasteiger charge is 2.00. The zero-order chi connectivity index (χ0) is 15.9. The summed E-state index contributed by atoms with van der Waals surface area (Å²) in [7, 11) is 0. The van der Waals surface area contributed by atoms with Crippen LogP contribution in [-0.2, 0) is 6.42 Å². The highest BCUT2D eigenvalue weighted by molar-refractivity contribution is 5.92. The van der Waals surface area contributed by atoms with Crippen LogP contribution in [0.3, 0.4) is 0 Å². The van der Waals surface area contributed by atoms with E-state index in [0.29, 0.717) is 30.9 Å². The normalized spacial score (nSPS) is 11.5. The second kappa shape index (κ2) is 7.54. The number of aliphatic imine (C=N–C) groups is 1. The van der Waals surface area contributed by atoms with Crippen molar-refractivity contribution in [1.82, 2.24) is 0 Å². The lowest BCUT2D eigenvalue weighted by molar-refractivity contribution is 0.579. The van der Waals surface area contributed by atoms with Gasteiger partial charge in [0, 0.05) is 18.3 Å². The van der Waals surface area contributed by atoms with E-state index in [-0.39, 0.29) is 0 Å². The van der Waals surface area contributed by atoms with Crippen LogP contribution in [0.1, 0.15) is 17.5 Å². The smallest absolute Gasteiger partial charge is 0.193 e. The molecule has 0 amide bonds. The second-order valence-electron chi connectivity index (χ2n) is 5.14. The first kappa shape index (κ1) is 15.9. The number of aryl methyl sites for hydroxylation is 2. The van der Waals surface area contributed by atoms with Gasteiger partial charge in [0.1, 0.15) is 11.6 Å². The maximum absolute atomic E-state index is 13.0. The molecule has 3 N–H and O–H groups in total. The van der Waals surface area contributed by atoms with E-state index in [9.17, 15) is 8.78 Å². The molecule has 0 saturated heterocycles. The van der Waals surface area contributed by atoms with E-state index in [1.54, 1.807) is 0 Å². The Balaban J connectivity index is 1.80. The minimum Gasteiger partial charge on any atom is -0.370 e. The number of hydrogen-bond donors (Lipinski definition) is 2. The first-order valence-electron chi connectivity index (χ1n) is 7.11. The molecule has 0 aromatic heterocycles. The summed E-state index contributed by atoms with van der Waals surface area (Å²) >= 11 is 0. The number of anilines is 1. The largest absolute Gasteiger partial charge is 0.370 e. The fourth-order valence-electron chi connectivity index (χ4n) is 2.06. The fraction of sp³-hybridized carbons (Fsp3) is 0.235. The van der Waals surface area contributed by atoms with Crippen molar-refractivity contribution in [3.63, 3.8) is 0 Å². The molecule has 0 heterocycles. The van der Waals surface area contributed by atoms with Gasteiger partial charge < -0.3 is 11.1 Å². The van der Waals surface area contributed by atoms with Gasteiger partial charge in [-0.15, -0.1) is 0 Å². The molecule has 2 aromatic rings. The number of rotatable bonds is 5. The third-order valence-corrected chi connectivity index (χ3v) is 3.15. The van der Waals surface area contributed by atoms with Crippen LogP contribution in [0.4, 0.5) is 14.5 Å². The maximum atomic E-state index is 13.0. The molecule has 116 valence electrons. The molecule has 3 nitrogen and oxygen atoms in total. The number of nitrogens with zero attached hydrogens (tertiary/aromatic N) is 1. The number of nitrogens with two attached hydrogens (primary N) is 1. The lowest BCUT2D eigenvalue weighted by atomic mass is 10.1. The van der Waals surface area contributed by atoms with Crippen molar-refractivity contribution >= 4 is 11.6 Å². The lowest BCUT2D eigenvalue weighted by Crippen LogP contribution is -2.22. The lowest BCUT2D eigenvalue weighted by Gasteiger charge is -2.06. The van der Waals surface area contributed by atoms with Crippen LogP contribution >= 0.6 is 0 Å². The molecule has 0 unspecified atom stereocenters. The molecular weight excluding hydrogens is 284 g/mol. The van der Waals surface area contributed by atoms with E-state index in [0.717, 1.165) is 11.8 Å². The zero-order valence-electron chi connectivity index (χ0n) is 12.4. The average molecular weight is 303 g/mol. The standard InChI is InChI=1S/C17H19F2N3/c1-12-4-6-16(7-5-12)22-17(20)21-8-2-3-13-9-14(18)11-15(19)10-13/h4-7,9-11H,2-3,8H2,1H3,(H3,20,21,22). The van der Waals surface area contributed by atoms with Crippen LogP contribution in [0, 0.1) is 18.6 Å². The summed E-state index contributed by atoms with van der Waals surface area (Å²) in [5.74, 6) is -0.785. The highest BCUT2D eigenvalue weighted by Crippen LogP contribution is 2.10. The Morgan fingerprint density at radius 3 is 2.36 bits per heavy atom. The van der Waals surface area contributed by atoms with Gasteiger partial charge in [-0.1, -0.05) is 17.7 Å². The van der Waals surface area contributed by atoms with Crippen LogP contribution in [-0.4, -0.2) is 12.5 Å². The minimum absolute atomic E-state index is 0.328. The number of benzene rings is 2. The Labute approximate surface area is 128 Å². The van der Waals surface area contributed by atoms with Gasteiger partial charge in [0.25, 0.3) is 0 Å². The highest BCUT2D eigenvalue weighted by atomic mass is 19.1. The van der Waals surface area contributed by atoms with Gasteiger partial charge in [-0.05, 0) is 49.6 Å². The topological polar surface area (TPSA) is 50.4 Å². The Hall–Kier alpha value is -2.43. The van der Waals surface area contributed by atoms with Crippen LogP contribution in [0.15, 0.2) is 47.5 Å². The molecule has 22 heavy (non-hydrogen) atoms. The molecule has 0 aliphatic carbocycles. The summed E-state index contributed by atoms with van der Waals surface area (Å²) in [6.45, 7) is 2.50. The van der Waals surface area contributed by atoms with Gasteiger partial charge in [-0.3, -0.25) is 4.99 Å². The summed E-state index contributed by atoms with van der Waals surface area (Å²) in [5, 5.41) is 2.99. The van der Waals surface area contributed by atoms with Crippen LogP contribution in [0.25, 0.3) is 0 Å². The molecule has 5 heteroatoms. The van der Waals surface area contributed by atoms with Gasteiger partial charge in [0.15, 0.2) is 5.96 Å². The van der Waals surface area contributed by atoms with E-state index in [1.807, 2.05) is 31.2 Å². The van der Waals surface area contributed by atoms with Crippen molar-refractivity contribution in [1.29, 1.82) is 0 Å². The van der Waals surface area contributed by atoms with Crippen molar-refractivity contribution in [3.05, 3.63) is 65.2 Å². The summed E-state index contributed by atoms with van der Waals surface area (Å²) in [6, 6.07) is 11.3. The molecule has 2 rings (SSSR count). The van der Waals surface area contributed by atoms with E-state index in [2.05, 4.69) is 10.3 Å². The summed E-state index contributed by atoms with van der Waals surface area (Å²) in [5.41, 5.74) is 8.46.